The Hall–Kier alpha value is -1.65. The topological polar surface area (TPSA) is 23.6 Å². The molecule has 2 aromatic carbocycles. The summed E-state index contributed by atoms with van der Waals surface area (Å²) < 4.78 is 14.5. The van der Waals surface area contributed by atoms with Crippen molar-refractivity contribution in [3.05, 3.63) is 60.7 Å². The maximum Gasteiger partial charge on any atom is 0.127 e. The van der Waals surface area contributed by atoms with E-state index >= 15 is 0 Å². The molecule has 1 heterocycles. The monoisotopic (exact) mass is 286 g/mol. The molecule has 1 atom stereocenters. The third-order valence-corrected chi connectivity index (χ3v) is 5.05. The molecule has 3 rings (SSSR count). The summed E-state index contributed by atoms with van der Waals surface area (Å²) in [4.78, 5) is 3.24. The van der Waals surface area contributed by atoms with Gasteiger partial charge >= 0.3 is 0 Å². The molecule has 1 saturated heterocycles. The van der Waals surface area contributed by atoms with Crippen LogP contribution in [0.3, 0.4) is 0 Å². The molecule has 1 aliphatic heterocycles. The van der Waals surface area contributed by atoms with Crippen LogP contribution < -0.4 is 4.90 Å². The van der Waals surface area contributed by atoms with E-state index in [0.29, 0.717) is 0 Å². The first-order valence-corrected chi connectivity index (χ1v) is 7.97. The molecule has 0 radical (unpaired) electrons. The van der Waals surface area contributed by atoms with Gasteiger partial charge in [0.1, 0.15) is 11.0 Å². The number of rotatable bonds is 3. The summed E-state index contributed by atoms with van der Waals surface area (Å²) in [6.45, 7) is 3.50. The highest BCUT2D eigenvalue weighted by atomic mass is 32.2. The second-order valence-electron chi connectivity index (χ2n) is 4.81. The zero-order valence-corrected chi connectivity index (χ0v) is 12.1. The van der Waals surface area contributed by atoms with Crippen molar-refractivity contribution in [2.75, 3.05) is 31.1 Å². The van der Waals surface area contributed by atoms with Gasteiger partial charge in [0.05, 0.1) is 4.90 Å². The minimum atomic E-state index is -1.03. The lowest BCUT2D eigenvalue weighted by Crippen LogP contribution is -2.46. The third-order valence-electron chi connectivity index (χ3n) is 3.54. The number of para-hydroxylation sites is 1. The number of anilines is 1. The predicted octanol–water partition coefficient (Wildman–Crippen LogP) is 2.53. The van der Waals surface area contributed by atoms with Crippen LogP contribution in [0.15, 0.2) is 65.6 Å². The second-order valence-corrected chi connectivity index (χ2v) is 6.30. The number of benzene rings is 2. The highest BCUT2D eigenvalue weighted by molar-refractivity contribution is 7.82. The van der Waals surface area contributed by atoms with Crippen LogP contribution in [-0.4, -0.2) is 34.7 Å². The molecule has 0 unspecified atom stereocenters. The van der Waals surface area contributed by atoms with E-state index in [4.69, 9.17) is 0 Å². The molecule has 104 valence electrons. The Kier molecular flexibility index (Phi) is 4.14. The van der Waals surface area contributed by atoms with Crippen molar-refractivity contribution in [2.24, 2.45) is 0 Å². The van der Waals surface area contributed by atoms with Gasteiger partial charge in [-0.25, -0.2) is 8.51 Å². The average molecular weight is 286 g/mol. The number of hydrogen-bond acceptors (Lipinski definition) is 2. The summed E-state index contributed by atoms with van der Waals surface area (Å²) in [5.74, 6) is 0. The van der Waals surface area contributed by atoms with Gasteiger partial charge in [-0.15, -0.1) is 0 Å². The molecule has 0 aromatic heterocycles. The molecule has 1 aliphatic rings. The van der Waals surface area contributed by atoms with Crippen LogP contribution in [0.2, 0.25) is 0 Å². The molecule has 0 aliphatic carbocycles. The molecule has 2 aromatic rings. The van der Waals surface area contributed by atoms with Crippen LogP contribution in [-0.2, 0) is 11.0 Å². The highest BCUT2D eigenvalue weighted by Crippen LogP contribution is 2.18. The first-order valence-electron chi connectivity index (χ1n) is 6.86. The standard InChI is InChI=1S/C16H18N2OS/c19-20(16-9-5-2-6-10-16)18-13-11-17(12-14-18)15-7-3-1-4-8-15/h1-10H,11-14H2/t20-/m0/s1. The average Bonchev–Trinajstić information content (AvgIpc) is 2.56. The van der Waals surface area contributed by atoms with Gasteiger partial charge in [0.25, 0.3) is 0 Å². The maximum atomic E-state index is 12.5. The minimum Gasteiger partial charge on any atom is -0.369 e. The van der Waals surface area contributed by atoms with E-state index in [1.807, 2.05) is 36.4 Å². The van der Waals surface area contributed by atoms with E-state index in [1.54, 1.807) is 0 Å². The lowest BCUT2D eigenvalue weighted by atomic mass is 10.2. The van der Waals surface area contributed by atoms with Crippen LogP contribution in [0, 0.1) is 0 Å². The van der Waals surface area contributed by atoms with Crippen molar-refractivity contribution >= 4 is 16.7 Å². The molecule has 0 saturated carbocycles. The van der Waals surface area contributed by atoms with Crippen molar-refractivity contribution in [3.63, 3.8) is 0 Å². The highest BCUT2D eigenvalue weighted by Gasteiger charge is 2.21. The van der Waals surface area contributed by atoms with Gasteiger partial charge in [-0.2, -0.15) is 0 Å². The maximum absolute atomic E-state index is 12.5. The summed E-state index contributed by atoms with van der Waals surface area (Å²) in [6.07, 6.45) is 0. The van der Waals surface area contributed by atoms with Crippen molar-refractivity contribution in [1.29, 1.82) is 0 Å². The van der Waals surface area contributed by atoms with Crippen LogP contribution in [0.1, 0.15) is 0 Å². The first kappa shape index (κ1) is 13.3. The molecular formula is C16H18N2OS. The van der Waals surface area contributed by atoms with E-state index in [0.717, 1.165) is 31.1 Å². The molecule has 0 N–H and O–H groups in total. The largest absolute Gasteiger partial charge is 0.369 e. The van der Waals surface area contributed by atoms with Gasteiger partial charge in [0, 0.05) is 31.9 Å². The van der Waals surface area contributed by atoms with E-state index < -0.39 is 11.0 Å². The molecule has 1 fully saturated rings. The lowest BCUT2D eigenvalue weighted by molar-refractivity contribution is 0.410. The number of piperazine rings is 1. The second kappa shape index (κ2) is 6.20. The Balaban J connectivity index is 1.63. The fourth-order valence-corrected chi connectivity index (χ4v) is 3.62. The normalized spacial score (nSPS) is 17.9. The van der Waals surface area contributed by atoms with Gasteiger partial charge in [0.2, 0.25) is 0 Å². The zero-order chi connectivity index (χ0) is 13.8. The fraction of sp³-hybridized carbons (Fsp3) is 0.250. The summed E-state index contributed by atoms with van der Waals surface area (Å²) in [7, 11) is -1.03. The predicted molar refractivity (Wildman–Crippen MR) is 83.1 cm³/mol. The van der Waals surface area contributed by atoms with Crippen molar-refractivity contribution < 1.29 is 4.21 Å². The Morgan fingerprint density at radius 2 is 1.30 bits per heavy atom. The van der Waals surface area contributed by atoms with Crippen molar-refractivity contribution in [1.82, 2.24) is 4.31 Å². The SMILES string of the molecule is O=[S@@](c1ccccc1)N1CCN(c2ccccc2)CC1. The zero-order valence-electron chi connectivity index (χ0n) is 11.3. The Labute approximate surface area is 122 Å². The lowest BCUT2D eigenvalue weighted by Gasteiger charge is -2.35. The quantitative estimate of drug-likeness (QED) is 0.865. The summed E-state index contributed by atoms with van der Waals surface area (Å²) in [6, 6.07) is 20.1. The van der Waals surface area contributed by atoms with Gasteiger partial charge < -0.3 is 4.90 Å². The number of hydrogen-bond donors (Lipinski definition) is 0. The minimum absolute atomic E-state index is 0.830. The Bertz CT molecular complexity index is 566. The molecule has 20 heavy (non-hydrogen) atoms. The Morgan fingerprint density at radius 3 is 1.90 bits per heavy atom. The van der Waals surface area contributed by atoms with Crippen molar-refractivity contribution in [2.45, 2.75) is 4.90 Å². The van der Waals surface area contributed by atoms with E-state index in [-0.39, 0.29) is 0 Å². The van der Waals surface area contributed by atoms with Crippen LogP contribution >= 0.6 is 0 Å². The van der Waals surface area contributed by atoms with Gasteiger partial charge in [-0.05, 0) is 24.3 Å². The molecule has 0 amide bonds. The van der Waals surface area contributed by atoms with E-state index in [2.05, 4.69) is 33.5 Å². The fourth-order valence-electron chi connectivity index (χ4n) is 2.44. The Morgan fingerprint density at radius 1 is 0.750 bits per heavy atom. The third kappa shape index (κ3) is 2.92. The molecule has 4 heteroatoms. The smallest absolute Gasteiger partial charge is 0.127 e. The summed E-state index contributed by atoms with van der Waals surface area (Å²) in [5, 5.41) is 0. The number of nitrogens with zero attached hydrogens (tertiary/aromatic N) is 2. The van der Waals surface area contributed by atoms with E-state index in [1.165, 1.54) is 5.69 Å². The van der Waals surface area contributed by atoms with Gasteiger partial charge in [-0.1, -0.05) is 36.4 Å². The van der Waals surface area contributed by atoms with E-state index in [9.17, 15) is 4.21 Å². The van der Waals surface area contributed by atoms with Crippen LogP contribution in [0.5, 0.6) is 0 Å². The molecule has 0 spiro atoms. The molecule has 0 bridgehead atoms. The molecule has 3 nitrogen and oxygen atoms in total. The van der Waals surface area contributed by atoms with Crippen molar-refractivity contribution in [3.8, 4) is 0 Å². The van der Waals surface area contributed by atoms with Crippen LogP contribution in [0.25, 0.3) is 0 Å². The summed E-state index contributed by atoms with van der Waals surface area (Å²) >= 11 is 0. The van der Waals surface area contributed by atoms with Gasteiger partial charge in [-0.3, -0.25) is 0 Å². The van der Waals surface area contributed by atoms with Crippen LogP contribution in [0.4, 0.5) is 5.69 Å². The summed E-state index contributed by atoms with van der Waals surface area (Å²) in [5.41, 5.74) is 1.25. The first-order chi connectivity index (χ1) is 9.84. The van der Waals surface area contributed by atoms with Gasteiger partial charge in [0.15, 0.2) is 0 Å². The molecular weight excluding hydrogens is 268 g/mol.